The van der Waals surface area contributed by atoms with E-state index < -0.39 is 59.3 Å². The standard InChI is InChI=1S/C39H39NO6/c1-26(29-18-10-4-11-19-29)34(37(42)43)33(36(41)40-25-28-16-8-3-9-17-28)24-32(30-20-12-5-13-21-30)35-31(38(44)46-39(35)45)23-22-27-14-6-2-7-15-27/h2-21,26,31-35H,22-25H2,1H3,(H,40,41)(H,42,43). The van der Waals surface area contributed by atoms with Gasteiger partial charge in [-0.05, 0) is 53.4 Å². The van der Waals surface area contributed by atoms with Crippen LogP contribution >= 0.6 is 0 Å². The van der Waals surface area contributed by atoms with E-state index in [-0.39, 0.29) is 13.0 Å². The highest BCUT2D eigenvalue weighted by Crippen LogP contribution is 2.45. The van der Waals surface area contributed by atoms with E-state index in [0.29, 0.717) is 12.8 Å². The van der Waals surface area contributed by atoms with Gasteiger partial charge in [0, 0.05) is 6.54 Å². The van der Waals surface area contributed by atoms with Gasteiger partial charge >= 0.3 is 17.9 Å². The number of amides is 1. The summed E-state index contributed by atoms with van der Waals surface area (Å²) in [4.78, 5) is 53.9. The second-order valence-corrected chi connectivity index (χ2v) is 12.0. The zero-order chi connectivity index (χ0) is 32.5. The van der Waals surface area contributed by atoms with E-state index in [9.17, 15) is 24.3 Å². The van der Waals surface area contributed by atoms with Gasteiger partial charge in [0.25, 0.3) is 0 Å². The Morgan fingerprint density at radius 1 is 0.739 bits per heavy atom. The third-order valence-corrected chi connectivity index (χ3v) is 9.19. The van der Waals surface area contributed by atoms with Crippen LogP contribution in [0.5, 0.6) is 0 Å². The van der Waals surface area contributed by atoms with Crippen molar-refractivity contribution in [2.75, 3.05) is 0 Å². The van der Waals surface area contributed by atoms with Crippen molar-refractivity contribution in [2.24, 2.45) is 23.7 Å². The minimum Gasteiger partial charge on any atom is -0.481 e. The molecule has 46 heavy (non-hydrogen) atoms. The lowest BCUT2D eigenvalue weighted by Gasteiger charge is -2.33. The summed E-state index contributed by atoms with van der Waals surface area (Å²) in [5.74, 6) is -7.64. The number of cyclic esters (lactones) is 2. The number of rotatable bonds is 14. The number of carboxylic acid groups (broad SMARTS) is 1. The summed E-state index contributed by atoms with van der Waals surface area (Å²) in [6.45, 7) is 2.04. The first kappa shape index (κ1) is 32.4. The lowest BCUT2D eigenvalue weighted by Crippen LogP contribution is -2.42. The molecule has 1 fully saturated rings. The first-order valence-corrected chi connectivity index (χ1v) is 15.8. The predicted octanol–water partition coefficient (Wildman–Crippen LogP) is 6.55. The van der Waals surface area contributed by atoms with Crippen LogP contribution in [0, 0.1) is 23.7 Å². The Balaban J connectivity index is 1.52. The van der Waals surface area contributed by atoms with Gasteiger partial charge in [-0.15, -0.1) is 0 Å². The molecule has 1 heterocycles. The van der Waals surface area contributed by atoms with Crippen LogP contribution in [-0.2, 0) is 36.9 Å². The predicted molar refractivity (Wildman–Crippen MR) is 174 cm³/mol. The van der Waals surface area contributed by atoms with Crippen molar-refractivity contribution in [3.05, 3.63) is 144 Å². The summed E-state index contributed by atoms with van der Waals surface area (Å²) in [6, 6.07) is 37.7. The number of carboxylic acids is 1. The zero-order valence-corrected chi connectivity index (χ0v) is 25.8. The van der Waals surface area contributed by atoms with Crippen LogP contribution in [0.4, 0.5) is 0 Å². The average molecular weight is 618 g/mol. The van der Waals surface area contributed by atoms with E-state index in [0.717, 1.165) is 22.3 Å². The molecule has 6 atom stereocenters. The number of ether oxygens (including phenoxy) is 1. The second-order valence-electron chi connectivity index (χ2n) is 12.0. The van der Waals surface area contributed by atoms with E-state index in [1.165, 1.54) is 0 Å². The van der Waals surface area contributed by atoms with Gasteiger partial charge in [0.2, 0.25) is 5.91 Å². The van der Waals surface area contributed by atoms with Crippen LogP contribution in [0.25, 0.3) is 0 Å². The van der Waals surface area contributed by atoms with E-state index in [1.54, 1.807) is 0 Å². The molecule has 1 saturated heterocycles. The number of benzene rings is 4. The first-order valence-electron chi connectivity index (χ1n) is 15.8. The monoisotopic (exact) mass is 617 g/mol. The Hall–Kier alpha value is -5.04. The highest BCUT2D eigenvalue weighted by atomic mass is 16.6. The third kappa shape index (κ3) is 7.78. The number of esters is 2. The lowest BCUT2D eigenvalue weighted by molar-refractivity contribution is -0.154. The topological polar surface area (TPSA) is 110 Å². The molecular weight excluding hydrogens is 578 g/mol. The smallest absolute Gasteiger partial charge is 0.318 e. The molecule has 7 heteroatoms. The Kier molecular flexibility index (Phi) is 10.8. The fourth-order valence-electron chi connectivity index (χ4n) is 6.76. The number of aryl methyl sites for hydroxylation is 1. The van der Waals surface area contributed by atoms with Gasteiger partial charge in [-0.25, -0.2) is 0 Å². The molecular formula is C39H39NO6. The number of aliphatic carboxylic acids is 1. The summed E-state index contributed by atoms with van der Waals surface area (Å²) < 4.78 is 5.25. The summed E-state index contributed by atoms with van der Waals surface area (Å²) in [5.41, 5.74) is 3.46. The van der Waals surface area contributed by atoms with Crippen molar-refractivity contribution < 1.29 is 29.0 Å². The minimum absolute atomic E-state index is 0.0354. The molecule has 6 unspecified atom stereocenters. The molecule has 0 bridgehead atoms. The maximum absolute atomic E-state index is 14.2. The average Bonchev–Trinajstić information content (AvgIpc) is 3.37. The molecule has 0 aromatic heterocycles. The molecule has 236 valence electrons. The Labute approximate surface area is 269 Å². The number of carbonyl (C=O) groups excluding carboxylic acids is 3. The Bertz CT molecular complexity index is 1610. The summed E-state index contributed by atoms with van der Waals surface area (Å²) in [5, 5.41) is 13.7. The molecule has 0 saturated carbocycles. The van der Waals surface area contributed by atoms with Crippen LogP contribution in [0.2, 0.25) is 0 Å². The summed E-state index contributed by atoms with van der Waals surface area (Å²) in [7, 11) is 0. The van der Waals surface area contributed by atoms with Crippen molar-refractivity contribution in [1.82, 2.24) is 5.32 Å². The maximum Gasteiger partial charge on any atom is 0.318 e. The normalized spacial score (nSPS) is 18.6. The van der Waals surface area contributed by atoms with Crippen molar-refractivity contribution in [1.29, 1.82) is 0 Å². The molecule has 4 aromatic rings. The molecule has 0 aliphatic carbocycles. The van der Waals surface area contributed by atoms with Gasteiger partial charge in [0.1, 0.15) is 0 Å². The van der Waals surface area contributed by atoms with Crippen molar-refractivity contribution in [2.45, 2.75) is 44.6 Å². The first-order chi connectivity index (χ1) is 22.3. The molecule has 5 rings (SSSR count). The summed E-state index contributed by atoms with van der Waals surface area (Å²) in [6.07, 6.45) is 0.986. The quantitative estimate of drug-likeness (QED) is 0.123. The lowest BCUT2D eigenvalue weighted by atomic mass is 9.68. The van der Waals surface area contributed by atoms with Gasteiger partial charge in [-0.1, -0.05) is 128 Å². The molecule has 4 aromatic carbocycles. The number of carbonyl (C=O) groups is 4. The molecule has 1 amide bonds. The Morgan fingerprint density at radius 2 is 1.26 bits per heavy atom. The number of hydrogen-bond acceptors (Lipinski definition) is 5. The molecule has 0 spiro atoms. The maximum atomic E-state index is 14.2. The molecule has 7 nitrogen and oxygen atoms in total. The van der Waals surface area contributed by atoms with Gasteiger partial charge in [-0.2, -0.15) is 0 Å². The third-order valence-electron chi connectivity index (χ3n) is 9.19. The van der Waals surface area contributed by atoms with Crippen molar-refractivity contribution in [3.8, 4) is 0 Å². The van der Waals surface area contributed by atoms with Gasteiger partial charge < -0.3 is 15.2 Å². The van der Waals surface area contributed by atoms with Gasteiger partial charge in [0.05, 0.1) is 23.7 Å². The van der Waals surface area contributed by atoms with Crippen LogP contribution in [0.3, 0.4) is 0 Å². The van der Waals surface area contributed by atoms with Crippen molar-refractivity contribution >= 4 is 23.8 Å². The van der Waals surface area contributed by atoms with Gasteiger partial charge in [0.15, 0.2) is 0 Å². The number of hydrogen-bond donors (Lipinski definition) is 2. The van der Waals surface area contributed by atoms with Crippen LogP contribution in [-0.4, -0.2) is 28.9 Å². The fraction of sp³-hybridized carbons (Fsp3) is 0.282. The fourth-order valence-corrected chi connectivity index (χ4v) is 6.76. The number of nitrogens with one attached hydrogen (secondary N) is 1. The minimum atomic E-state index is -1.11. The highest BCUT2D eigenvalue weighted by Gasteiger charge is 2.50. The van der Waals surface area contributed by atoms with Gasteiger partial charge in [-0.3, -0.25) is 19.2 Å². The second kappa shape index (κ2) is 15.3. The Morgan fingerprint density at radius 3 is 1.83 bits per heavy atom. The largest absolute Gasteiger partial charge is 0.481 e. The molecule has 1 aliphatic heterocycles. The molecule has 2 N–H and O–H groups in total. The molecule has 0 radical (unpaired) electrons. The van der Waals surface area contributed by atoms with E-state index in [2.05, 4.69) is 5.32 Å². The van der Waals surface area contributed by atoms with Crippen LogP contribution in [0.15, 0.2) is 121 Å². The highest BCUT2D eigenvalue weighted by molar-refractivity contribution is 5.97. The van der Waals surface area contributed by atoms with E-state index in [4.69, 9.17) is 4.74 Å². The van der Waals surface area contributed by atoms with E-state index in [1.807, 2.05) is 128 Å². The van der Waals surface area contributed by atoms with Crippen LogP contribution in [0.1, 0.15) is 53.9 Å². The zero-order valence-electron chi connectivity index (χ0n) is 25.8. The molecule has 1 aliphatic rings. The van der Waals surface area contributed by atoms with Crippen molar-refractivity contribution in [3.63, 3.8) is 0 Å². The van der Waals surface area contributed by atoms with Crippen LogP contribution < -0.4 is 5.32 Å². The SMILES string of the molecule is CC(c1ccccc1)C(C(=O)O)C(CC(c1ccccc1)C1C(=O)OC(=O)C1CCc1ccccc1)C(=O)NCc1ccccc1. The van der Waals surface area contributed by atoms with E-state index >= 15 is 0 Å². The summed E-state index contributed by atoms with van der Waals surface area (Å²) >= 11 is 0.